The van der Waals surface area contributed by atoms with Gasteiger partial charge >= 0.3 is 29.6 Å². The molecule has 2 N–H and O–H groups in total. The molecule has 0 heterocycles. The van der Waals surface area contributed by atoms with Crippen molar-refractivity contribution in [1.29, 1.82) is 0 Å². The predicted molar refractivity (Wildman–Crippen MR) is 93.9 cm³/mol. The zero-order valence-corrected chi connectivity index (χ0v) is 17.6. The van der Waals surface area contributed by atoms with E-state index in [4.69, 9.17) is 4.79 Å². The van der Waals surface area contributed by atoms with E-state index < -0.39 is 5.24 Å². The minimum atomic E-state index is -0.639. The van der Waals surface area contributed by atoms with Gasteiger partial charge in [0.15, 0.2) is 0 Å². The van der Waals surface area contributed by atoms with Gasteiger partial charge in [0.2, 0.25) is 0 Å². The van der Waals surface area contributed by atoms with Gasteiger partial charge in [-0.2, -0.15) is 0 Å². The third-order valence-corrected chi connectivity index (χ3v) is 3.12. The first-order valence-electron chi connectivity index (χ1n) is 7.41. The minimum absolute atomic E-state index is 0. The number of hydrogen-bond donors (Lipinski definition) is 3. The van der Waals surface area contributed by atoms with Crippen molar-refractivity contribution in [2.24, 2.45) is 5.73 Å². The van der Waals surface area contributed by atoms with Crippen LogP contribution >= 0.6 is 25.3 Å². The van der Waals surface area contributed by atoms with Gasteiger partial charge in [-0.1, -0.05) is 77.6 Å². The molecule has 0 spiro atoms. The Hall–Kier alpha value is 0.640. The Morgan fingerprint density at radius 1 is 0.905 bits per heavy atom. The van der Waals surface area contributed by atoms with Crippen LogP contribution in [0.1, 0.15) is 66.6 Å². The van der Waals surface area contributed by atoms with Crippen molar-refractivity contribution in [3.63, 3.8) is 0 Å². The van der Waals surface area contributed by atoms with Crippen molar-refractivity contribution in [2.45, 2.75) is 65.2 Å². The second-order valence-electron chi connectivity index (χ2n) is 4.73. The van der Waals surface area contributed by atoms with E-state index in [-0.39, 0.29) is 36.2 Å². The van der Waals surface area contributed by atoms with Crippen LogP contribution < -0.4 is 35.3 Å². The van der Waals surface area contributed by atoms with Crippen LogP contribution in [0.25, 0.3) is 0 Å². The standard InChI is InChI=1S/C13H27NOS.CH3NOS.Na.H/c1-3-5-7-9-11-14(13(15)16)12-10-8-6-4-2;2-1(3)4;;/h3-12H2,1-2H3,(H,15,16);(H3,2,3,4);;/q;;+1;-1. The number of hydrogen-bond acceptors (Lipinski definition) is 2. The van der Waals surface area contributed by atoms with E-state index >= 15 is 0 Å². The Balaban J connectivity index is -0.000000240. The fraction of sp³-hybridized carbons (Fsp3) is 0.857. The first-order valence-corrected chi connectivity index (χ1v) is 8.31. The number of nitrogens with zero attached hydrogens (tertiary/aromatic N) is 1. The molecule has 0 radical (unpaired) electrons. The van der Waals surface area contributed by atoms with Crippen LogP contribution in [0.15, 0.2) is 0 Å². The molecule has 0 aliphatic carbocycles. The van der Waals surface area contributed by atoms with Crippen LogP contribution in [0, 0.1) is 0 Å². The second kappa shape index (κ2) is 20.6. The van der Waals surface area contributed by atoms with E-state index in [1.807, 2.05) is 4.90 Å². The molecule has 0 saturated heterocycles. The quantitative estimate of drug-likeness (QED) is 0.320. The molecule has 2 amide bonds. The van der Waals surface area contributed by atoms with Gasteiger partial charge in [-0.3, -0.25) is 9.59 Å². The number of thiol groups is 2. The maximum absolute atomic E-state index is 11.3. The van der Waals surface area contributed by atoms with Gasteiger partial charge in [-0.05, 0) is 12.8 Å². The molecule has 7 heteroatoms. The molecule has 0 aliphatic heterocycles. The smallest absolute Gasteiger partial charge is 1.00 e. The molecule has 0 atom stereocenters. The van der Waals surface area contributed by atoms with Crippen molar-refractivity contribution in [3.05, 3.63) is 0 Å². The molecule has 0 bridgehead atoms. The third kappa shape index (κ3) is 25.9. The molecule has 0 aromatic carbocycles. The fourth-order valence-electron chi connectivity index (χ4n) is 1.76. The topological polar surface area (TPSA) is 63.4 Å². The number of unbranched alkanes of at least 4 members (excludes halogenated alkanes) is 6. The van der Waals surface area contributed by atoms with Crippen molar-refractivity contribution in [3.8, 4) is 0 Å². The summed E-state index contributed by atoms with van der Waals surface area (Å²) >= 11 is 7.04. The Morgan fingerprint density at radius 2 is 1.24 bits per heavy atom. The SMILES string of the molecule is CCCCCCN(CCCCCC)C(=O)S.NC(=O)S.[H-].[Na+]. The maximum Gasteiger partial charge on any atom is 1.00 e. The van der Waals surface area contributed by atoms with E-state index in [2.05, 4.69) is 44.8 Å². The average molecular weight is 347 g/mol. The van der Waals surface area contributed by atoms with E-state index in [1.54, 1.807) is 0 Å². The summed E-state index contributed by atoms with van der Waals surface area (Å²) in [5.41, 5.74) is 4.34. The van der Waals surface area contributed by atoms with Crippen LogP contribution in [0.4, 0.5) is 9.59 Å². The monoisotopic (exact) mass is 346 g/mol. The van der Waals surface area contributed by atoms with Gasteiger partial charge in [0.25, 0.3) is 10.5 Å². The molecule has 0 aromatic rings. The van der Waals surface area contributed by atoms with E-state index in [0.717, 1.165) is 25.9 Å². The normalized spacial score (nSPS) is 9.14. The summed E-state index contributed by atoms with van der Waals surface area (Å²) < 4.78 is 0. The number of nitrogens with two attached hydrogens (primary N) is 1. The first-order chi connectivity index (χ1) is 9.45. The Morgan fingerprint density at radius 3 is 1.48 bits per heavy atom. The minimum Gasteiger partial charge on any atom is -1.00 e. The summed E-state index contributed by atoms with van der Waals surface area (Å²) in [5.74, 6) is 0. The first kappa shape index (κ1) is 26.5. The molecule has 122 valence electrons. The van der Waals surface area contributed by atoms with Crippen LogP contribution in [-0.2, 0) is 0 Å². The summed E-state index contributed by atoms with van der Waals surface area (Å²) in [6.45, 7) is 6.17. The molecular weight excluding hydrogens is 315 g/mol. The average Bonchev–Trinajstić information content (AvgIpc) is 2.36. The molecule has 0 aliphatic rings. The summed E-state index contributed by atoms with van der Waals surface area (Å²) in [6, 6.07) is 0. The molecule has 0 saturated carbocycles. The fourth-order valence-corrected chi connectivity index (χ4v) is 1.96. The van der Waals surface area contributed by atoms with Gasteiger partial charge in [0, 0.05) is 13.1 Å². The Kier molecular flexibility index (Phi) is 26.1. The molecule has 4 nitrogen and oxygen atoms in total. The summed E-state index contributed by atoms with van der Waals surface area (Å²) in [6.07, 6.45) is 9.71. The molecule has 0 fully saturated rings. The summed E-state index contributed by atoms with van der Waals surface area (Å²) in [7, 11) is 0. The van der Waals surface area contributed by atoms with Gasteiger partial charge in [-0.15, -0.1) is 0 Å². The van der Waals surface area contributed by atoms with Crippen molar-refractivity contribution < 1.29 is 40.6 Å². The Labute approximate surface area is 164 Å². The summed E-state index contributed by atoms with van der Waals surface area (Å²) in [5, 5.41) is -0.701. The van der Waals surface area contributed by atoms with Gasteiger partial charge in [0.05, 0.1) is 0 Å². The number of rotatable bonds is 10. The Bertz CT molecular complexity index is 247. The van der Waals surface area contributed by atoms with Crippen LogP contribution in [0.5, 0.6) is 0 Å². The van der Waals surface area contributed by atoms with E-state index in [0.29, 0.717) is 0 Å². The number of amides is 2. The van der Waals surface area contributed by atoms with Gasteiger partial charge < -0.3 is 12.1 Å². The molecule has 0 unspecified atom stereocenters. The van der Waals surface area contributed by atoms with Crippen molar-refractivity contribution in [2.75, 3.05) is 13.1 Å². The second-order valence-corrected chi connectivity index (χ2v) is 5.55. The molecular formula is C14H31N2NaO2S2. The van der Waals surface area contributed by atoms with Crippen molar-refractivity contribution >= 4 is 35.7 Å². The zero-order chi connectivity index (χ0) is 15.8. The van der Waals surface area contributed by atoms with Crippen LogP contribution in [0.2, 0.25) is 0 Å². The van der Waals surface area contributed by atoms with E-state index in [1.165, 1.54) is 38.5 Å². The van der Waals surface area contributed by atoms with Gasteiger partial charge in [0.1, 0.15) is 0 Å². The van der Waals surface area contributed by atoms with Crippen molar-refractivity contribution in [1.82, 2.24) is 4.90 Å². The van der Waals surface area contributed by atoms with Crippen LogP contribution in [-0.4, -0.2) is 28.5 Å². The zero-order valence-electron chi connectivity index (χ0n) is 14.8. The van der Waals surface area contributed by atoms with Gasteiger partial charge in [-0.25, -0.2) is 0 Å². The third-order valence-electron chi connectivity index (χ3n) is 2.83. The number of carbonyl (C=O) groups is 2. The predicted octanol–water partition coefficient (Wildman–Crippen LogP) is 1.61. The number of primary amides is 1. The molecule has 0 rings (SSSR count). The maximum atomic E-state index is 11.3. The molecule has 0 aromatic heterocycles. The molecule has 21 heavy (non-hydrogen) atoms. The largest absolute Gasteiger partial charge is 1.00 e. The van der Waals surface area contributed by atoms with E-state index in [9.17, 15) is 4.79 Å². The number of carbonyl (C=O) groups excluding carboxylic acids is 2. The van der Waals surface area contributed by atoms with Crippen LogP contribution in [0.3, 0.4) is 0 Å². The summed E-state index contributed by atoms with van der Waals surface area (Å²) in [4.78, 5) is 22.2.